The molecule has 0 unspecified atom stereocenters. The topological polar surface area (TPSA) is 36.9 Å². The molecule has 0 aromatic heterocycles. The highest BCUT2D eigenvalue weighted by atomic mass is 16.6. The van der Waals surface area contributed by atoms with Crippen molar-refractivity contribution in [1.82, 2.24) is 0 Å². The Balaban J connectivity index is 2.64. The van der Waals surface area contributed by atoms with E-state index < -0.39 is 0 Å². The van der Waals surface area contributed by atoms with Gasteiger partial charge in [-0.1, -0.05) is 0 Å². The van der Waals surface area contributed by atoms with Gasteiger partial charge in [0.1, 0.15) is 24.9 Å². The van der Waals surface area contributed by atoms with E-state index in [2.05, 4.69) is 0 Å². The van der Waals surface area contributed by atoms with Crippen LogP contribution < -0.4 is 0 Å². The van der Waals surface area contributed by atoms with Crippen LogP contribution in [0.5, 0.6) is 0 Å². The summed E-state index contributed by atoms with van der Waals surface area (Å²) < 4.78 is 21.1. The van der Waals surface area contributed by atoms with Gasteiger partial charge in [-0.05, 0) is 6.92 Å². The lowest BCUT2D eigenvalue weighted by molar-refractivity contribution is -0.183. The quantitative estimate of drug-likeness (QED) is 0.652. The normalized spacial score (nSPS) is 40.6. The molecular formula is C9H17O4. The molecule has 1 aliphatic heterocycles. The van der Waals surface area contributed by atoms with E-state index in [4.69, 9.17) is 18.9 Å². The Morgan fingerprint density at radius 3 is 2.08 bits per heavy atom. The summed E-state index contributed by atoms with van der Waals surface area (Å²) in [5.41, 5.74) is 0. The van der Waals surface area contributed by atoms with Crippen LogP contribution in [-0.4, -0.2) is 45.7 Å². The molecule has 13 heavy (non-hydrogen) atoms. The number of ether oxygens (including phenoxy) is 4. The van der Waals surface area contributed by atoms with Crippen molar-refractivity contribution in [3.05, 3.63) is 6.61 Å². The SMILES string of the molecule is CO[C@@H]1[C@@H](OC)[C@@H](OC)[CH]O[C@H]1C. The minimum atomic E-state index is -0.161. The first-order valence-corrected chi connectivity index (χ1v) is 4.31. The fourth-order valence-corrected chi connectivity index (χ4v) is 1.59. The van der Waals surface area contributed by atoms with Crippen LogP contribution in [0, 0.1) is 6.61 Å². The first-order valence-electron chi connectivity index (χ1n) is 4.31. The molecule has 4 heteroatoms. The fourth-order valence-electron chi connectivity index (χ4n) is 1.59. The lowest BCUT2D eigenvalue weighted by atomic mass is 10.0. The van der Waals surface area contributed by atoms with Crippen LogP contribution in [0.25, 0.3) is 0 Å². The van der Waals surface area contributed by atoms with Gasteiger partial charge in [0, 0.05) is 21.3 Å². The molecule has 1 aliphatic rings. The zero-order chi connectivity index (χ0) is 9.84. The smallest absolute Gasteiger partial charge is 0.116 e. The number of hydrogen-bond acceptors (Lipinski definition) is 4. The van der Waals surface area contributed by atoms with Gasteiger partial charge in [0.15, 0.2) is 0 Å². The average Bonchev–Trinajstić information content (AvgIpc) is 2.17. The first-order chi connectivity index (χ1) is 6.24. The van der Waals surface area contributed by atoms with Crippen molar-refractivity contribution in [1.29, 1.82) is 0 Å². The van der Waals surface area contributed by atoms with E-state index in [1.165, 1.54) is 0 Å². The highest BCUT2D eigenvalue weighted by molar-refractivity contribution is 4.92. The summed E-state index contributed by atoms with van der Waals surface area (Å²) in [4.78, 5) is 0. The van der Waals surface area contributed by atoms with Crippen LogP contribution in [0.1, 0.15) is 6.92 Å². The highest BCUT2D eigenvalue weighted by Gasteiger charge is 2.39. The van der Waals surface area contributed by atoms with Gasteiger partial charge in [0.25, 0.3) is 0 Å². The Morgan fingerprint density at radius 2 is 1.62 bits per heavy atom. The molecule has 0 N–H and O–H groups in total. The summed E-state index contributed by atoms with van der Waals surface area (Å²) in [5.74, 6) is 0. The van der Waals surface area contributed by atoms with Crippen LogP contribution in [0.15, 0.2) is 0 Å². The van der Waals surface area contributed by atoms with Crippen LogP contribution in [0.2, 0.25) is 0 Å². The molecule has 0 aromatic rings. The largest absolute Gasteiger partial charge is 0.376 e. The van der Waals surface area contributed by atoms with Crippen LogP contribution in [0.4, 0.5) is 0 Å². The van der Waals surface area contributed by atoms with Crippen molar-refractivity contribution in [3.8, 4) is 0 Å². The van der Waals surface area contributed by atoms with E-state index in [9.17, 15) is 0 Å². The second-order valence-electron chi connectivity index (χ2n) is 3.08. The van der Waals surface area contributed by atoms with Gasteiger partial charge in [-0.3, -0.25) is 0 Å². The molecule has 1 saturated heterocycles. The highest BCUT2D eigenvalue weighted by Crippen LogP contribution is 2.24. The van der Waals surface area contributed by atoms with E-state index >= 15 is 0 Å². The predicted octanol–water partition coefficient (Wildman–Crippen LogP) is 0.612. The summed E-state index contributed by atoms with van der Waals surface area (Å²) in [5, 5.41) is 0. The molecule has 1 fully saturated rings. The molecule has 4 nitrogen and oxygen atoms in total. The van der Waals surface area contributed by atoms with Crippen LogP contribution in [-0.2, 0) is 18.9 Å². The lowest BCUT2D eigenvalue weighted by Gasteiger charge is -2.38. The van der Waals surface area contributed by atoms with Crippen molar-refractivity contribution < 1.29 is 18.9 Å². The zero-order valence-electron chi connectivity index (χ0n) is 8.52. The minimum absolute atomic E-state index is 0.00125. The standard InChI is InChI=1S/C9H17O4/c1-6-8(11-3)9(12-4)7(10-2)5-13-6/h5-9H,1-4H3/t6-,7-,8-,9-/m0/s1. The van der Waals surface area contributed by atoms with Gasteiger partial charge in [0.05, 0.1) is 6.10 Å². The zero-order valence-corrected chi connectivity index (χ0v) is 8.52. The maximum absolute atomic E-state index is 5.36. The Morgan fingerprint density at radius 1 is 1.00 bits per heavy atom. The monoisotopic (exact) mass is 189 g/mol. The van der Waals surface area contributed by atoms with Gasteiger partial charge in [-0.25, -0.2) is 0 Å². The van der Waals surface area contributed by atoms with Gasteiger partial charge in [0.2, 0.25) is 0 Å². The molecule has 1 radical (unpaired) electrons. The Hall–Kier alpha value is -0.160. The summed E-state index contributed by atoms with van der Waals surface area (Å²) in [6.45, 7) is 3.61. The first kappa shape index (κ1) is 10.9. The van der Waals surface area contributed by atoms with Gasteiger partial charge >= 0.3 is 0 Å². The Labute approximate surface area is 79.1 Å². The van der Waals surface area contributed by atoms with Crippen molar-refractivity contribution in [2.45, 2.75) is 31.3 Å². The molecule has 1 heterocycles. The van der Waals surface area contributed by atoms with Crippen molar-refractivity contribution in [3.63, 3.8) is 0 Å². The number of rotatable bonds is 3. The number of methoxy groups -OCH3 is 3. The predicted molar refractivity (Wildman–Crippen MR) is 47.2 cm³/mol. The van der Waals surface area contributed by atoms with E-state index in [1.54, 1.807) is 27.9 Å². The van der Waals surface area contributed by atoms with Crippen LogP contribution in [0.3, 0.4) is 0 Å². The summed E-state index contributed by atoms with van der Waals surface area (Å²) in [6, 6.07) is 0. The Kier molecular flexibility index (Phi) is 4.12. The molecular weight excluding hydrogens is 172 g/mol. The molecule has 0 saturated carbocycles. The van der Waals surface area contributed by atoms with Crippen molar-refractivity contribution in [2.75, 3.05) is 21.3 Å². The van der Waals surface area contributed by atoms with Gasteiger partial charge in [-0.2, -0.15) is 0 Å². The van der Waals surface area contributed by atoms with Crippen molar-refractivity contribution >= 4 is 0 Å². The van der Waals surface area contributed by atoms with E-state index in [0.29, 0.717) is 0 Å². The summed E-state index contributed by atoms with van der Waals surface area (Å²) >= 11 is 0. The molecule has 1 rings (SSSR count). The fraction of sp³-hybridized carbons (Fsp3) is 0.889. The molecule has 77 valence electrons. The van der Waals surface area contributed by atoms with E-state index in [0.717, 1.165) is 0 Å². The second-order valence-corrected chi connectivity index (χ2v) is 3.08. The lowest BCUT2D eigenvalue weighted by Crippen LogP contribution is -2.52. The minimum Gasteiger partial charge on any atom is -0.376 e. The average molecular weight is 189 g/mol. The molecule has 4 atom stereocenters. The van der Waals surface area contributed by atoms with Gasteiger partial charge < -0.3 is 18.9 Å². The molecule has 0 bridgehead atoms. The van der Waals surface area contributed by atoms with Gasteiger partial charge in [-0.15, -0.1) is 0 Å². The third kappa shape index (κ3) is 2.20. The number of hydrogen-bond donors (Lipinski definition) is 0. The molecule has 0 amide bonds. The second kappa shape index (κ2) is 4.91. The summed E-state index contributed by atoms with van der Waals surface area (Å²) in [7, 11) is 4.92. The summed E-state index contributed by atoms with van der Waals surface area (Å²) in [6.07, 6.45) is -0.341. The maximum Gasteiger partial charge on any atom is 0.116 e. The van der Waals surface area contributed by atoms with Crippen molar-refractivity contribution in [2.24, 2.45) is 0 Å². The Bertz CT molecular complexity index is 151. The molecule has 0 spiro atoms. The third-order valence-electron chi connectivity index (χ3n) is 2.35. The maximum atomic E-state index is 5.36. The third-order valence-corrected chi connectivity index (χ3v) is 2.35. The molecule has 0 aromatic carbocycles. The van der Waals surface area contributed by atoms with E-state index in [-0.39, 0.29) is 24.4 Å². The van der Waals surface area contributed by atoms with Crippen LogP contribution >= 0.6 is 0 Å². The molecule has 0 aliphatic carbocycles. The van der Waals surface area contributed by atoms with E-state index in [1.807, 2.05) is 6.92 Å².